The molecule has 0 atom stereocenters. The fourth-order valence-corrected chi connectivity index (χ4v) is 2.55. The average molecular weight is 392 g/mol. The zero-order chi connectivity index (χ0) is 16.8. The fourth-order valence-electron chi connectivity index (χ4n) is 1.81. The summed E-state index contributed by atoms with van der Waals surface area (Å²) in [6.07, 6.45) is -0.279. The summed E-state index contributed by atoms with van der Waals surface area (Å²) in [6, 6.07) is 5.81. The Bertz CT molecular complexity index is 503. The molecule has 6 heteroatoms. The summed E-state index contributed by atoms with van der Waals surface area (Å²) < 4.78 is 6.33. The van der Waals surface area contributed by atoms with E-state index in [9.17, 15) is 4.79 Å². The lowest BCUT2D eigenvalue weighted by Gasteiger charge is -2.26. The number of hydrogen-bond acceptors (Lipinski definition) is 3. The molecule has 0 aliphatic carbocycles. The van der Waals surface area contributed by atoms with Gasteiger partial charge >= 0.3 is 6.09 Å². The first kappa shape index (κ1) is 19.3. The van der Waals surface area contributed by atoms with Crippen molar-refractivity contribution in [3.05, 3.63) is 33.3 Å². The lowest BCUT2D eigenvalue weighted by atomic mass is 10.2. The molecule has 22 heavy (non-hydrogen) atoms. The molecule has 0 bridgehead atoms. The van der Waals surface area contributed by atoms with Crippen molar-refractivity contribution in [3.8, 4) is 0 Å². The number of halogens is 2. The molecular formula is C16H24BrClN2O2. The van der Waals surface area contributed by atoms with E-state index >= 15 is 0 Å². The molecule has 1 N–H and O–H groups in total. The van der Waals surface area contributed by atoms with Gasteiger partial charge in [-0.05, 0) is 45.4 Å². The summed E-state index contributed by atoms with van der Waals surface area (Å²) in [5.74, 6) is 0. The molecule has 4 nitrogen and oxygen atoms in total. The highest BCUT2D eigenvalue weighted by Crippen LogP contribution is 2.21. The quantitative estimate of drug-likeness (QED) is 0.728. The topological polar surface area (TPSA) is 41.6 Å². The Balaban J connectivity index is 2.40. The first-order chi connectivity index (χ1) is 10.2. The number of rotatable bonds is 6. The highest BCUT2D eigenvalue weighted by Gasteiger charge is 2.20. The molecule has 1 rings (SSSR count). The van der Waals surface area contributed by atoms with Crippen molar-refractivity contribution >= 4 is 33.6 Å². The second-order valence-corrected chi connectivity index (χ2v) is 7.30. The van der Waals surface area contributed by atoms with E-state index in [-0.39, 0.29) is 6.09 Å². The number of likely N-dealkylation sites (N-methyl/N-ethyl adjacent to an activating group) is 1. The molecule has 0 saturated heterocycles. The second-order valence-electron chi connectivity index (χ2n) is 5.97. The molecule has 1 aromatic rings. The van der Waals surface area contributed by atoms with Gasteiger partial charge in [0.25, 0.3) is 0 Å². The smallest absolute Gasteiger partial charge is 0.410 e. The van der Waals surface area contributed by atoms with Crippen LogP contribution in [0.2, 0.25) is 5.02 Å². The minimum absolute atomic E-state index is 0.279. The van der Waals surface area contributed by atoms with Crippen molar-refractivity contribution in [2.24, 2.45) is 0 Å². The highest BCUT2D eigenvalue weighted by atomic mass is 79.9. The van der Waals surface area contributed by atoms with E-state index in [4.69, 9.17) is 16.3 Å². The number of amides is 1. The molecule has 0 saturated carbocycles. The van der Waals surface area contributed by atoms with Gasteiger partial charge in [0.1, 0.15) is 5.60 Å². The molecule has 0 aliphatic heterocycles. The summed E-state index contributed by atoms with van der Waals surface area (Å²) >= 11 is 9.55. The third-order valence-electron chi connectivity index (χ3n) is 2.92. The SMILES string of the molecule is CCN(CCNCc1ccc(Br)cc1Cl)C(=O)OC(C)(C)C. The van der Waals surface area contributed by atoms with Crippen LogP contribution in [-0.2, 0) is 11.3 Å². The molecule has 0 aromatic heterocycles. The molecule has 1 aromatic carbocycles. The van der Waals surface area contributed by atoms with Crippen molar-refractivity contribution in [1.82, 2.24) is 10.2 Å². The van der Waals surface area contributed by atoms with Gasteiger partial charge < -0.3 is 15.0 Å². The van der Waals surface area contributed by atoms with Gasteiger partial charge in [-0.3, -0.25) is 0 Å². The Morgan fingerprint density at radius 3 is 2.64 bits per heavy atom. The average Bonchev–Trinajstić information content (AvgIpc) is 2.38. The molecule has 0 radical (unpaired) electrons. The van der Waals surface area contributed by atoms with E-state index < -0.39 is 5.60 Å². The highest BCUT2D eigenvalue weighted by molar-refractivity contribution is 9.10. The zero-order valence-corrected chi connectivity index (χ0v) is 15.9. The molecule has 0 unspecified atom stereocenters. The summed E-state index contributed by atoms with van der Waals surface area (Å²) in [5.41, 5.74) is 0.563. The van der Waals surface area contributed by atoms with Crippen molar-refractivity contribution in [3.63, 3.8) is 0 Å². The molecule has 124 valence electrons. The molecule has 0 fully saturated rings. The van der Waals surface area contributed by atoms with E-state index in [1.54, 1.807) is 4.90 Å². The van der Waals surface area contributed by atoms with Crippen LogP contribution in [0.15, 0.2) is 22.7 Å². The fraction of sp³-hybridized carbons (Fsp3) is 0.562. The van der Waals surface area contributed by atoms with Gasteiger partial charge in [0, 0.05) is 35.7 Å². The van der Waals surface area contributed by atoms with Crippen LogP contribution in [0.5, 0.6) is 0 Å². The number of ether oxygens (including phenoxy) is 1. The number of nitrogens with one attached hydrogen (secondary N) is 1. The van der Waals surface area contributed by atoms with E-state index in [1.165, 1.54) is 0 Å². The maximum absolute atomic E-state index is 12.0. The number of carbonyl (C=O) groups is 1. The van der Waals surface area contributed by atoms with Crippen LogP contribution in [0.25, 0.3) is 0 Å². The standard InChI is InChI=1S/C16H24BrClN2O2/c1-5-20(15(21)22-16(2,3)4)9-8-19-11-12-6-7-13(17)10-14(12)18/h6-7,10,19H,5,8-9,11H2,1-4H3. The predicted molar refractivity (Wildman–Crippen MR) is 94.3 cm³/mol. The van der Waals surface area contributed by atoms with Crippen LogP contribution in [0.4, 0.5) is 4.79 Å². The van der Waals surface area contributed by atoms with Crippen molar-refractivity contribution in [1.29, 1.82) is 0 Å². The normalized spacial score (nSPS) is 11.4. The Kier molecular flexibility index (Phi) is 7.66. The van der Waals surface area contributed by atoms with Crippen molar-refractivity contribution in [2.75, 3.05) is 19.6 Å². The summed E-state index contributed by atoms with van der Waals surface area (Å²) in [6.45, 7) is 10.1. The molecule has 0 spiro atoms. The van der Waals surface area contributed by atoms with Gasteiger partial charge in [-0.2, -0.15) is 0 Å². The lowest BCUT2D eigenvalue weighted by Crippen LogP contribution is -2.40. The number of nitrogens with zero attached hydrogens (tertiary/aromatic N) is 1. The van der Waals surface area contributed by atoms with Crippen molar-refractivity contribution < 1.29 is 9.53 Å². The van der Waals surface area contributed by atoms with E-state index in [0.717, 1.165) is 15.1 Å². The van der Waals surface area contributed by atoms with Gasteiger partial charge in [0.05, 0.1) is 0 Å². The minimum Gasteiger partial charge on any atom is -0.444 e. The predicted octanol–water partition coefficient (Wildman–Crippen LogP) is 4.45. The third kappa shape index (κ3) is 6.99. The van der Waals surface area contributed by atoms with Crippen LogP contribution in [0.1, 0.15) is 33.3 Å². The first-order valence-electron chi connectivity index (χ1n) is 7.35. The third-order valence-corrected chi connectivity index (χ3v) is 3.77. The van der Waals surface area contributed by atoms with E-state index in [0.29, 0.717) is 26.2 Å². The molecule has 1 amide bonds. The van der Waals surface area contributed by atoms with Crippen LogP contribution in [0, 0.1) is 0 Å². The van der Waals surface area contributed by atoms with Crippen LogP contribution in [0.3, 0.4) is 0 Å². The maximum Gasteiger partial charge on any atom is 0.410 e. The Morgan fingerprint density at radius 1 is 1.41 bits per heavy atom. The number of benzene rings is 1. The monoisotopic (exact) mass is 390 g/mol. The lowest BCUT2D eigenvalue weighted by molar-refractivity contribution is 0.0262. The van der Waals surface area contributed by atoms with Gasteiger partial charge in [-0.1, -0.05) is 33.6 Å². The van der Waals surface area contributed by atoms with Gasteiger partial charge in [-0.25, -0.2) is 4.79 Å². The maximum atomic E-state index is 12.0. The van der Waals surface area contributed by atoms with Gasteiger partial charge in [0.15, 0.2) is 0 Å². The Labute approximate surface area is 146 Å². The molecule has 0 heterocycles. The Hall–Kier alpha value is -0.780. The largest absolute Gasteiger partial charge is 0.444 e. The van der Waals surface area contributed by atoms with Gasteiger partial charge in [0.2, 0.25) is 0 Å². The Morgan fingerprint density at radius 2 is 2.09 bits per heavy atom. The van der Waals surface area contributed by atoms with Crippen LogP contribution >= 0.6 is 27.5 Å². The summed E-state index contributed by atoms with van der Waals surface area (Å²) in [7, 11) is 0. The minimum atomic E-state index is -0.469. The summed E-state index contributed by atoms with van der Waals surface area (Å²) in [5, 5.41) is 4.02. The van der Waals surface area contributed by atoms with E-state index in [1.807, 2.05) is 45.9 Å². The second kappa shape index (κ2) is 8.75. The number of hydrogen-bond donors (Lipinski definition) is 1. The molecular weight excluding hydrogens is 368 g/mol. The van der Waals surface area contributed by atoms with Crippen LogP contribution in [-0.4, -0.2) is 36.2 Å². The van der Waals surface area contributed by atoms with Gasteiger partial charge in [-0.15, -0.1) is 0 Å². The zero-order valence-electron chi connectivity index (χ0n) is 13.6. The first-order valence-corrected chi connectivity index (χ1v) is 8.52. The summed E-state index contributed by atoms with van der Waals surface area (Å²) in [4.78, 5) is 13.7. The number of carbonyl (C=O) groups excluding carboxylic acids is 1. The van der Waals surface area contributed by atoms with Crippen LogP contribution < -0.4 is 5.32 Å². The molecule has 0 aliphatic rings. The van der Waals surface area contributed by atoms with E-state index in [2.05, 4.69) is 21.2 Å². The van der Waals surface area contributed by atoms with Crippen molar-refractivity contribution in [2.45, 2.75) is 39.8 Å².